The van der Waals surface area contributed by atoms with E-state index in [0.29, 0.717) is 11.4 Å². The van der Waals surface area contributed by atoms with Gasteiger partial charge in [-0.1, -0.05) is 19.9 Å². The Bertz CT molecular complexity index is 235. The molecule has 0 radical (unpaired) electrons. The van der Waals surface area contributed by atoms with Crippen LogP contribution < -0.4 is 11.5 Å². The molecule has 0 spiro atoms. The Morgan fingerprint density at radius 1 is 1.00 bits per heavy atom. The zero-order valence-corrected chi connectivity index (χ0v) is 10.9. The molecule has 0 heterocycles. The van der Waals surface area contributed by atoms with E-state index < -0.39 is 0 Å². The third-order valence-corrected chi connectivity index (χ3v) is 1.61. The minimum atomic E-state index is 0. The number of hydrogen-bond acceptors (Lipinski definition) is 3. The molecule has 0 saturated carbocycles. The first-order chi connectivity index (χ1) is 7.20. The number of ether oxygens (including phenoxy) is 1. The fraction of sp³-hybridized carbons (Fsp3) is 0.500. The summed E-state index contributed by atoms with van der Waals surface area (Å²) in [5.41, 5.74) is 12.2. The fourth-order valence-corrected chi connectivity index (χ4v) is 0.950. The highest BCUT2D eigenvalue weighted by Crippen LogP contribution is 2.06. The molecule has 0 atom stereocenters. The number of halogens is 1. The molecule has 0 aromatic heterocycles. The highest BCUT2D eigenvalue weighted by Gasteiger charge is 1.81. The van der Waals surface area contributed by atoms with Gasteiger partial charge in [-0.2, -0.15) is 0 Å². The van der Waals surface area contributed by atoms with Gasteiger partial charge < -0.3 is 16.2 Å². The van der Waals surface area contributed by atoms with Gasteiger partial charge in [0.25, 0.3) is 0 Å². The lowest BCUT2D eigenvalue weighted by Gasteiger charge is -1.95. The van der Waals surface area contributed by atoms with Gasteiger partial charge in [-0.15, -0.1) is 12.4 Å². The average molecular weight is 247 g/mol. The van der Waals surface area contributed by atoms with E-state index in [1.807, 2.05) is 6.07 Å². The van der Waals surface area contributed by atoms with Gasteiger partial charge in [0.2, 0.25) is 0 Å². The van der Waals surface area contributed by atoms with Gasteiger partial charge in [-0.3, -0.25) is 0 Å². The van der Waals surface area contributed by atoms with Gasteiger partial charge in [-0.25, -0.2) is 0 Å². The van der Waals surface area contributed by atoms with E-state index in [1.54, 1.807) is 18.2 Å². The van der Waals surface area contributed by atoms with Crippen molar-refractivity contribution in [3.63, 3.8) is 0 Å². The summed E-state index contributed by atoms with van der Waals surface area (Å²) in [4.78, 5) is 0. The zero-order valence-electron chi connectivity index (χ0n) is 10.1. The van der Waals surface area contributed by atoms with Crippen LogP contribution in [0.2, 0.25) is 0 Å². The van der Waals surface area contributed by atoms with Crippen molar-refractivity contribution in [1.82, 2.24) is 0 Å². The molecule has 0 amide bonds. The Morgan fingerprint density at radius 3 is 1.69 bits per heavy atom. The molecule has 94 valence electrons. The Balaban J connectivity index is 0. The quantitative estimate of drug-likeness (QED) is 0.634. The first kappa shape index (κ1) is 17.5. The highest BCUT2D eigenvalue weighted by atomic mass is 35.5. The summed E-state index contributed by atoms with van der Waals surface area (Å²) in [6.45, 7) is 6.09. The Kier molecular flexibility index (Phi) is 13.3. The third-order valence-electron chi connectivity index (χ3n) is 1.61. The molecule has 1 aromatic carbocycles. The number of nitrogens with two attached hydrogens (primary N) is 2. The van der Waals surface area contributed by atoms with E-state index in [2.05, 4.69) is 13.8 Å². The number of hydrogen-bond donors (Lipinski definition) is 2. The maximum atomic E-state index is 5.38. The maximum Gasteiger partial charge on any atom is 0.0463 e. The van der Waals surface area contributed by atoms with E-state index in [-0.39, 0.29) is 12.4 Å². The van der Waals surface area contributed by atoms with Crippen molar-refractivity contribution >= 4 is 23.8 Å². The van der Waals surface area contributed by atoms with Crippen molar-refractivity contribution in [2.75, 3.05) is 24.7 Å². The van der Waals surface area contributed by atoms with Crippen LogP contribution in [0, 0.1) is 0 Å². The summed E-state index contributed by atoms with van der Waals surface area (Å²) in [6.07, 6.45) is 2.28. The van der Waals surface area contributed by atoms with Gasteiger partial charge in [-0.05, 0) is 31.0 Å². The average Bonchev–Trinajstić information content (AvgIpc) is 2.19. The summed E-state index contributed by atoms with van der Waals surface area (Å²) in [5.74, 6) is 0. The standard InChI is InChI=1S/C6H8N2.C6H14O.ClH/c7-5-2-1-3-6(8)4-5;1-3-5-7-6-4-2;/h1-4H,7-8H2;3-6H2,1-2H3;1H. The Morgan fingerprint density at radius 2 is 1.44 bits per heavy atom. The lowest BCUT2D eigenvalue weighted by Crippen LogP contribution is -1.92. The van der Waals surface area contributed by atoms with Crippen LogP contribution in [0.4, 0.5) is 11.4 Å². The molecular formula is C12H23ClN2O. The monoisotopic (exact) mass is 246 g/mol. The summed E-state index contributed by atoms with van der Waals surface area (Å²) < 4.78 is 5.13. The number of nitrogen functional groups attached to an aromatic ring is 2. The summed E-state index contributed by atoms with van der Waals surface area (Å²) in [5, 5.41) is 0. The third kappa shape index (κ3) is 11.1. The van der Waals surface area contributed by atoms with Crippen LogP contribution in [0.1, 0.15) is 26.7 Å². The van der Waals surface area contributed by atoms with Crippen LogP contribution >= 0.6 is 12.4 Å². The van der Waals surface area contributed by atoms with E-state index in [0.717, 1.165) is 26.1 Å². The summed E-state index contributed by atoms with van der Waals surface area (Å²) in [7, 11) is 0. The largest absolute Gasteiger partial charge is 0.399 e. The molecule has 1 aromatic rings. The van der Waals surface area contributed by atoms with E-state index in [9.17, 15) is 0 Å². The molecule has 0 aliphatic heterocycles. The normalized spacial score (nSPS) is 8.62. The van der Waals surface area contributed by atoms with E-state index in [4.69, 9.17) is 16.2 Å². The zero-order chi connectivity index (χ0) is 11.5. The predicted molar refractivity (Wildman–Crippen MR) is 73.9 cm³/mol. The molecule has 3 nitrogen and oxygen atoms in total. The van der Waals surface area contributed by atoms with Crippen molar-refractivity contribution in [3.8, 4) is 0 Å². The fourth-order valence-electron chi connectivity index (χ4n) is 0.950. The first-order valence-corrected chi connectivity index (χ1v) is 5.39. The molecule has 0 aliphatic rings. The molecule has 1 rings (SSSR count). The smallest absolute Gasteiger partial charge is 0.0463 e. The van der Waals surface area contributed by atoms with Crippen LogP contribution in [-0.4, -0.2) is 13.2 Å². The van der Waals surface area contributed by atoms with Gasteiger partial charge in [0.05, 0.1) is 0 Å². The van der Waals surface area contributed by atoms with Gasteiger partial charge in [0.15, 0.2) is 0 Å². The molecule has 0 aliphatic carbocycles. The minimum Gasteiger partial charge on any atom is -0.399 e. The topological polar surface area (TPSA) is 61.3 Å². The summed E-state index contributed by atoms with van der Waals surface area (Å²) >= 11 is 0. The highest BCUT2D eigenvalue weighted by molar-refractivity contribution is 5.85. The second kappa shape index (κ2) is 12.1. The Labute approximate surface area is 105 Å². The van der Waals surface area contributed by atoms with Crippen molar-refractivity contribution in [3.05, 3.63) is 24.3 Å². The molecule has 0 bridgehead atoms. The van der Waals surface area contributed by atoms with Crippen molar-refractivity contribution < 1.29 is 4.74 Å². The molecule has 0 unspecified atom stereocenters. The van der Waals surface area contributed by atoms with Crippen molar-refractivity contribution in [2.24, 2.45) is 0 Å². The maximum absolute atomic E-state index is 5.38. The second-order valence-corrected chi connectivity index (χ2v) is 3.28. The first-order valence-electron chi connectivity index (χ1n) is 5.39. The van der Waals surface area contributed by atoms with Crippen LogP contribution in [0.3, 0.4) is 0 Å². The molecule has 16 heavy (non-hydrogen) atoms. The van der Waals surface area contributed by atoms with Crippen molar-refractivity contribution in [1.29, 1.82) is 0 Å². The van der Waals surface area contributed by atoms with Crippen LogP contribution in [-0.2, 0) is 4.74 Å². The predicted octanol–water partition coefficient (Wildman–Crippen LogP) is 3.10. The lowest BCUT2D eigenvalue weighted by molar-refractivity contribution is 0.135. The minimum absolute atomic E-state index is 0. The van der Waals surface area contributed by atoms with E-state index in [1.165, 1.54) is 0 Å². The Hall–Kier alpha value is -0.930. The lowest BCUT2D eigenvalue weighted by atomic mass is 10.3. The number of benzene rings is 1. The van der Waals surface area contributed by atoms with E-state index >= 15 is 0 Å². The SMILES string of the molecule is CCCOCCC.Cl.Nc1cccc(N)c1. The van der Waals surface area contributed by atoms with Gasteiger partial charge in [0.1, 0.15) is 0 Å². The molecule has 4 N–H and O–H groups in total. The summed E-state index contributed by atoms with van der Waals surface area (Å²) in [6, 6.07) is 7.15. The van der Waals surface area contributed by atoms with Crippen LogP contribution in [0.25, 0.3) is 0 Å². The van der Waals surface area contributed by atoms with Crippen molar-refractivity contribution in [2.45, 2.75) is 26.7 Å². The molecule has 4 heteroatoms. The number of rotatable bonds is 4. The van der Waals surface area contributed by atoms with Gasteiger partial charge in [0, 0.05) is 24.6 Å². The molecule has 0 fully saturated rings. The molecule has 0 saturated heterocycles. The van der Waals surface area contributed by atoms with Crippen LogP contribution in [0.15, 0.2) is 24.3 Å². The van der Waals surface area contributed by atoms with Crippen LogP contribution in [0.5, 0.6) is 0 Å². The van der Waals surface area contributed by atoms with Gasteiger partial charge >= 0.3 is 0 Å². The second-order valence-electron chi connectivity index (χ2n) is 3.28. The number of anilines is 2. The molecular weight excluding hydrogens is 224 g/mol.